The smallest absolute Gasteiger partial charge is 0.161 e. The van der Waals surface area contributed by atoms with Gasteiger partial charge in [0.25, 0.3) is 0 Å². The zero-order valence-electron chi connectivity index (χ0n) is 14.3. The molecule has 1 heterocycles. The number of phenols is 1. The maximum absolute atomic E-state index is 9.94. The van der Waals surface area contributed by atoms with E-state index >= 15 is 0 Å². The number of hydrogen-bond donors (Lipinski definition) is 2. The van der Waals surface area contributed by atoms with Crippen LogP contribution in [0.3, 0.4) is 0 Å². The van der Waals surface area contributed by atoms with Gasteiger partial charge in [-0.25, -0.2) is 0 Å². The topological polar surface area (TPSA) is 64.5 Å². The van der Waals surface area contributed by atoms with E-state index in [1.807, 2.05) is 19.1 Å². The van der Waals surface area contributed by atoms with Gasteiger partial charge < -0.3 is 24.6 Å². The third-order valence-electron chi connectivity index (χ3n) is 4.44. The van der Waals surface area contributed by atoms with E-state index in [1.165, 1.54) is 11.1 Å². The monoisotopic (exact) mass is 330 g/mol. The van der Waals surface area contributed by atoms with E-state index in [-0.39, 0.29) is 11.8 Å². The van der Waals surface area contributed by atoms with Crippen molar-refractivity contribution in [1.82, 2.24) is 0 Å². The second kappa shape index (κ2) is 7.01. The molecule has 1 aliphatic rings. The van der Waals surface area contributed by atoms with Gasteiger partial charge >= 0.3 is 0 Å². The van der Waals surface area contributed by atoms with E-state index in [0.29, 0.717) is 12.4 Å². The standard InChI is InChI=1S/C19H23NO4/c1-4-24-16-10-13(5-6-15(16)21)19-14-11-18(23-3)17(22-2)9-12(14)7-8-20-19/h5-6,9-11,19-21H,4,7-8H2,1-3H3/p+1. The van der Waals surface area contributed by atoms with Crippen LogP contribution in [0, 0.1) is 0 Å². The molecule has 0 bridgehead atoms. The Kier molecular flexibility index (Phi) is 4.81. The number of quaternary nitrogens is 1. The van der Waals surface area contributed by atoms with E-state index in [0.717, 1.165) is 30.0 Å². The van der Waals surface area contributed by atoms with Gasteiger partial charge in [-0.05, 0) is 42.8 Å². The van der Waals surface area contributed by atoms with Crippen molar-refractivity contribution in [2.45, 2.75) is 19.4 Å². The Balaban J connectivity index is 2.04. The van der Waals surface area contributed by atoms with Gasteiger partial charge in [-0.2, -0.15) is 0 Å². The highest BCUT2D eigenvalue weighted by molar-refractivity contribution is 5.52. The van der Waals surface area contributed by atoms with Crippen LogP contribution < -0.4 is 19.5 Å². The van der Waals surface area contributed by atoms with E-state index in [9.17, 15) is 5.11 Å². The van der Waals surface area contributed by atoms with Gasteiger partial charge in [-0.15, -0.1) is 0 Å². The van der Waals surface area contributed by atoms with Crippen LogP contribution >= 0.6 is 0 Å². The lowest BCUT2D eigenvalue weighted by molar-refractivity contribution is -0.690. The predicted octanol–water partition coefficient (Wildman–Crippen LogP) is 2.02. The van der Waals surface area contributed by atoms with Crippen LogP contribution in [0.25, 0.3) is 0 Å². The summed E-state index contributed by atoms with van der Waals surface area (Å²) >= 11 is 0. The molecule has 0 aromatic heterocycles. The molecular formula is C19H24NO4+. The lowest BCUT2D eigenvalue weighted by Crippen LogP contribution is -2.87. The number of phenolic OH excluding ortho intramolecular Hbond substituents is 1. The fourth-order valence-electron chi connectivity index (χ4n) is 3.29. The molecule has 2 aromatic carbocycles. The van der Waals surface area contributed by atoms with Crippen molar-refractivity contribution in [3.05, 3.63) is 47.0 Å². The average molecular weight is 330 g/mol. The van der Waals surface area contributed by atoms with E-state index < -0.39 is 0 Å². The summed E-state index contributed by atoms with van der Waals surface area (Å²) in [5.41, 5.74) is 3.59. The number of methoxy groups -OCH3 is 2. The average Bonchev–Trinajstić information content (AvgIpc) is 2.62. The summed E-state index contributed by atoms with van der Waals surface area (Å²) in [5.74, 6) is 2.19. The molecule has 5 heteroatoms. The summed E-state index contributed by atoms with van der Waals surface area (Å²) in [6, 6.07) is 9.84. The summed E-state index contributed by atoms with van der Waals surface area (Å²) in [6.45, 7) is 3.43. The van der Waals surface area contributed by atoms with Gasteiger partial charge in [-0.3, -0.25) is 0 Å². The van der Waals surface area contributed by atoms with Crippen molar-refractivity contribution >= 4 is 0 Å². The van der Waals surface area contributed by atoms with Crippen molar-refractivity contribution in [1.29, 1.82) is 0 Å². The fourth-order valence-corrected chi connectivity index (χ4v) is 3.29. The van der Waals surface area contributed by atoms with Crippen molar-refractivity contribution < 1.29 is 24.6 Å². The first-order chi connectivity index (χ1) is 11.7. The summed E-state index contributed by atoms with van der Waals surface area (Å²) in [4.78, 5) is 0. The van der Waals surface area contributed by atoms with Crippen molar-refractivity contribution in [2.75, 3.05) is 27.4 Å². The highest BCUT2D eigenvalue weighted by Gasteiger charge is 2.27. The number of fused-ring (bicyclic) bond motifs is 1. The molecule has 2 aromatic rings. The molecule has 0 spiro atoms. The molecule has 0 saturated carbocycles. The summed E-state index contributed by atoms with van der Waals surface area (Å²) < 4.78 is 16.4. The molecule has 128 valence electrons. The van der Waals surface area contributed by atoms with Crippen LogP contribution in [-0.4, -0.2) is 32.5 Å². The first kappa shape index (κ1) is 16.5. The zero-order chi connectivity index (χ0) is 17.1. The van der Waals surface area contributed by atoms with Crippen LogP contribution in [0.2, 0.25) is 0 Å². The minimum atomic E-state index is 0.147. The number of hydrogen-bond acceptors (Lipinski definition) is 4. The van der Waals surface area contributed by atoms with E-state index in [4.69, 9.17) is 14.2 Å². The summed E-state index contributed by atoms with van der Waals surface area (Å²) in [5, 5.41) is 12.2. The first-order valence-corrected chi connectivity index (χ1v) is 8.21. The highest BCUT2D eigenvalue weighted by Crippen LogP contribution is 2.37. The van der Waals surface area contributed by atoms with Crippen molar-refractivity contribution in [3.8, 4) is 23.0 Å². The number of nitrogens with two attached hydrogens (primary N) is 1. The van der Waals surface area contributed by atoms with Gasteiger partial charge in [0, 0.05) is 17.5 Å². The molecule has 0 amide bonds. The van der Waals surface area contributed by atoms with Gasteiger partial charge in [0.15, 0.2) is 23.0 Å². The summed E-state index contributed by atoms with van der Waals surface area (Å²) in [7, 11) is 3.31. The third kappa shape index (κ3) is 2.99. The van der Waals surface area contributed by atoms with Crippen LogP contribution in [0.5, 0.6) is 23.0 Å². The Bertz CT molecular complexity index is 730. The van der Waals surface area contributed by atoms with E-state index in [2.05, 4.69) is 17.4 Å². The van der Waals surface area contributed by atoms with Crippen molar-refractivity contribution in [3.63, 3.8) is 0 Å². The number of rotatable bonds is 5. The van der Waals surface area contributed by atoms with Gasteiger partial charge in [-0.1, -0.05) is 0 Å². The van der Waals surface area contributed by atoms with Gasteiger partial charge in [0.2, 0.25) is 0 Å². The largest absolute Gasteiger partial charge is 0.504 e. The minimum absolute atomic E-state index is 0.147. The maximum atomic E-state index is 9.94. The number of benzene rings is 2. The molecule has 0 saturated heterocycles. The van der Waals surface area contributed by atoms with Crippen LogP contribution in [0.1, 0.15) is 29.7 Å². The molecule has 5 nitrogen and oxygen atoms in total. The van der Waals surface area contributed by atoms with Crippen LogP contribution in [-0.2, 0) is 6.42 Å². The lowest BCUT2D eigenvalue weighted by Gasteiger charge is -2.26. The Morgan fingerprint density at radius 3 is 2.54 bits per heavy atom. The number of ether oxygens (including phenoxy) is 3. The quantitative estimate of drug-likeness (QED) is 0.880. The van der Waals surface area contributed by atoms with Crippen LogP contribution in [0.15, 0.2) is 30.3 Å². The molecule has 0 aliphatic carbocycles. The molecule has 0 fully saturated rings. The van der Waals surface area contributed by atoms with Gasteiger partial charge in [0.05, 0.1) is 27.4 Å². The fraction of sp³-hybridized carbons (Fsp3) is 0.368. The Hall–Kier alpha value is -2.40. The van der Waals surface area contributed by atoms with Crippen LogP contribution in [0.4, 0.5) is 0 Å². The third-order valence-corrected chi connectivity index (χ3v) is 4.44. The SMILES string of the molecule is CCOc1cc(C2[NH2+]CCc3cc(OC)c(OC)cc32)ccc1O. The number of aromatic hydroxyl groups is 1. The first-order valence-electron chi connectivity index (χ1n) is 8.21. The molecule has 1 atom stereocenters. The maximum Gasteiger partial charge on any atom is 0.161 e. The second-order valence-electron chi connectivity index (χ2n) is 5.82. The van der Waals surface area contributed by atoms with Gasteiger partial charge in [0.1, 0.15) is 6.04 Å². The molecule has 3 N–H and O–H groups in total. The molecule has 0 radical (unpaired) electrons. The molecule has 3 rings (SSSR count). The summed E-state index contributed by atoms with van der Waals surface area (Å²) in [6.07, 6.45) is 0.989. The Morgan fingerprint density at radius 2 is 1.83 bits per heavy atom. The minimum Gasteiger partial charge on any atom is -0.504 e. The molecule has 1 unspecified atom stereocenters. The molecular weight excluding hydrogens is 306 g/mol. The Morgan fingerprint density at radius 1 is 1.08 bits per heavy atom. The van der Waals surface area contributed by atoms with E-state index in [1.54, 1.807) is 20.3 Å². The Labute approximate surface area is 142 Å². The van der Waals surface area contributed by atoms with Crippen molar-refractivity contribution in [2.24, 2.45) is 0 Å². The molecule has 1 aliphatic heterocycles. The molecule has 24 heavy (non-hydrogen) atoms. The predicted molar refractivity (Wildman–Crippen MR) is 91.2 cm³/mol. The normalized spacial score (nSPS) is 16.4. The highest BCUT2D eigenvalue weighted by atomic mass is 16.5. The zero-order valence-corrected chi connectivity index (χ0v) is 14.3. The lowest BCUT2D eigenvalue weighted by atomic mass is 9.89. The second-order valence-corrected chi connectivity index (χ2v) is 5.82.